The summed E-state index contributed by atoms with van der Waals surface area (Å²) in [4.78, 5) is 4.44. The number of hydrogen-bond donors (Lipinski definition) is 1. The lowest BCUT2D eigenvalue weighted by molar-refractivity contribution is 0.355. The molecular weight excluding hydrogens is 292 g/mol. The molecule has 4 nitrogen and oxygen atoms in total. The quantitative estimate of drug-likeness (QED) is 0.946. The van der Waals surface area contributed by atoms with Gasteiger partial charge in [-0.25, -0.2) is 8.42 Å². The van der Waals surface area contributed by atoms with Gasteiger partial charge in [0.15, 0.2) is 9.84 Å². The Balaban J connectivity index is 1.80. The van der Waals surface area contributed by atoms with Gasteiger partial charge in [-0.05, 0) is 43.3 Å². The smallest absolute Gasteiger partial charge is 0.152 e. The summed E-state index contributed by atoms with van der Waals surface area (Å²) in [6, 6.07) is 4.23. The largest absolute Gasteiger partial charge is 0.304 e. The van der Waals surface area contributed by atoms with Crippen molar-refractivity contribution >= 4 is 31.4 Å². The van der Waals surface area contributed by atoms with Crippen LogP contribution < -0.4 is 5.32 Å². The highest BCUT2D eigenvalue weighted by Gasteiger charge is 2.39. The van der Waals surface area contributed by atoms with E-state index in [2.05, 4.69) is 23.3 Å². The van der Waals surface area contributed by atoms with Crippen molar-refractivity contribution in [2.45, 2.75) is 31.8 Å². The Kier molecular flexibility index (Phi) is 3.35. The van der Waals surface area contributed by atoms with Crippen LogP contribution in [0.1, 0.15) is 31.9 Å². The van der Waals surface area contributed by atoms with Gasteiger partial charge in [0.2, 0.25) is 0 Å². The van der Waals surface area contributed by atoms with Gasteiger partial charge in [-0.15, -0.1) is 11.3 Å². The lowest BCUT2D eigenvalue weighted by atomic mass is 9.99. The van der Waals surface area contributed by atoms with E-state index in [-0.39, 0.29) is 23.1 Å². The maximum atomic E-state index is 11.7. The van der Waals surface area contributed by atoms with E-state index >= 15 is 0 Å². The molecule has 2 aromatic rings. The Morgan fingerprint density at radius 2 is 2.30 bits per heavy atom. The molecular formula is C14H18N2O2S2. The average molecular weight is 310 g/mol. The molecule has 2 aromatic heterocycles. The van der Waals surface area contributed by atoms with Crippen molar-refractivity contribution in [3.63, 3.8) is 0 Å². The van der Waals surface area contributed by atoms with E-state index in [1.165, 1.54) is 4.70 Å². The molecule has 108 valence electrons. The number of thiophene rings is 1. The van der Waals surface area contributed by atoms with E-state index in [1.54, 1.807) is 11.3 Å². The number of rotatable bonds is 3. The first-order valence-corrected chi connectivity index (χ1v) is 9.38. The lowest BCUT2D eigenvalue weighted by Gasteiger charge is -2.28. The number of nitrogens with zero attached hydrogens (tertiary/aromatic N) is 1. The van der Waals surface area contributed by atoms with Gasteiger partial charge in [-0.1, -0.05) is 0 Å². The predicted molar refractivity (Wildman–Crippen MR) is 82.8 cm³/mol. The zero-order valence-corrected chi connectivity index (χ0v) is 13.2. The fourth-order valence-corrected chi connectivity index (χ4v) is 5.72. The maximum absolute atomic E-state index is 11.7. The van der Waals surface area contributed by atoms with Crippen LogP contribution in [0.5, 0.6) is 0 Å². The number of nitrogens with one attached hydrogen (secondary N) is 1. The fourth-order valence-electron chi connectivity index (χ4n) is 2.83. The fraction of sp³-hybridized carbons (Fsp3) is 0.500. The Bertz CT molecular complexity index is 738. The van der Waals surface area contributed by atoms with Gasteiger partial charge in [0.05, 0.1) is 21.7 Å². The minimum atomic E-state index is -2.88. The van der Waals surface area contributed by atoms with Crippen LogP contribution in [0, 0.1) is 0 Å². The van der Waals surface area contributed by atoms with Crippen molar-refractivity contribution in [2.24, 2.45) is 0 Å². The molecule has 1 aliphatic rings. The lowest BCUT2D eigenvalue weighted by Crippen LogP contribution is -2.44. The van der Waals surface area contributed by atoms with Crippen LogP contribution in [-0.4, -0.2) is 30.4 Å². The average Bonchev–Trinajstić information content (AvgIpc) is 2.92. The molecule has 0 aliphatic carbocycles. The zero-order valence-electron chi connectivity index (χ0n) is 11.6. The molecule has 0 radical (unpaired) electrons. The standard InChI is InChI=1S/C14H18N2O2S2/c1-10(16-14(2)4-6-20(17,18)9-14)11-7-13-12(15-8-11)3-5-19-13/h3,5,7-8,10,16H,4,6,9H2,1-2H3. The Labute approximate surface area is 123 Å². The van der Waals surface area contributed by atoms with Crippen LogP contribution in [0.4, 0.5) is 0 Å². The molecule has 0 aromatic carbocycles. The van der Waals surface area contributed by atoms with Crippen molar-refractivity contribution in [3.8, 4) is 0 Å². The van der Waals surface area contributed by atoms with E-state index < -0.39 is 9.84 Å². The van der Waals surface area contributed by atoms with Crippen molar-refractivity contribution in [2.75, 3.05) is 11.5 Å². The topological polar surface area (TPSA) is 59.1 Å². The molecule has 20 heavy (non-hydrogen) atoms. The van der Waals surface area contributed by atoms with Crippen LogP contribution in [0.25, 0.3) is 10.2 Å². The maximum Gasteiger partial charge on any atom is 0.152 e. The second kappa shape index (κ2) is 4.79. The molecule has 0 amide bonds. The highest BCUT2D eigenvalue weighted by atomic mass is 32.2. The summed E-state index contributed by atoms with van der Waals surface area (Å²) in [5.74, 6) is 0.504. The molecule has 6 heteroatoms. The number of hydrogen-bond acceptors (Lipinski definition) is 5. The molecule has 1 N–H and O–H groups in total. The Morgan fingerprint density at radius 3 is 3.00 bits per heavy atom. The second-order valence-corrected chi connectivity index (χ2v) is 8.97. The second-order valence-electron chi connectivity index (χ2n) is 5.84. The van der Waals surface area contributed by atoms with Crippen LogP contribution in [-0.2, 0) is 9.84 Å². The van der Waals surface area contributed by atoms with Gasteiger partial charge in [0.1, 0.15) is 0 Å². The normalized spacial score (nSPS) is 26.9. The monoisotopic (exact) mass is 310 g/mol. The van der Waals surface area contributed by atoms with Crippen molar-refractivity contribution in [1.82, 2.24) is 10.3 Å². The van der Waals surface area contributed by atoms with Gasteiger partial charge in [-0.3, -0.25) is 4.98 Å². The number of sulfone groups is 1. The van der Waals surface area contributed by atoms with Crippen molar-refractivity contribution in [1.29, 1.82) is 0 Å². The van der Waals surface area contributed by atoms with Crippen LogP contribution in [0.3, 0.4) is 0 Å². The molecule has 0 bridgehead atoms. The van der Waals surface area contributed by atoms with Gasteiger partial charge in [-0.2, -0.15) is 0 Å². The first-order chi connectivity index (χ1) is 9.37. The summed E-state index contributed by atoms with van der Waals surface area (Å²) in [5.41, 5.74) is 1.79. The minimum absolute atomic E-state index is 0.0901. The zero-order chi connectivity index (χ0) is 14.4. The van der Waals surface area contributed by atoms with Gasteiger partial charge in [0.25, 0.3) is 0 Å². The molecule has 3 heterocycles. The highest BCUT2D eigenvalue weighted by Crippen LogP contribution is 2.28. The number of aromatic nitrogens is 1. The van der Waals surface area contributed by atoms with Crippen molar-refractivity contribution < 1.29 is 8.42 Å². The van der Waals surface area contributed by atoms with Gasteiger partial charge >= 0.3 is 0 Å². The van der Waals surface area contributed by atoms with Crippen molar-refractivity contribution in [3.05, 3.63) is 29.3 Å². The third-order valence-corrected chi connectivity index (χ3v) is 6.65. The summed E-state index contributed by atoms with van der Waals surface area (Å²) in [6.07, 6.45) is 2.55. The molecule has 0 saturated carbocycles. The first kappa shape index (κ1) is 14.0. The molecule has 0 spiro atoms. The third-order valence-electron chi connectivity index (χ3n) is 3.89. The Hall–Kier alpha value is -0.980. The molecule has 1 fully saturated rings. The molecule has 2 unspecified atom stereocenters. The van der Waals surface area contributed by atoms with E-state index in [0.29, 0.717) is 6.42 Å². The summed E-state index contributed by atoms with van der Waals surface area (Å²) >= 11 is 1.67. The number of pyridine rings is 1. The summed E-state index contributed by atoms with van der Waals surface area (Å²) in [5, 5.41) is 5.50. The van der Waals surface area contributed by atoms with Gasteiger partial charge in [0, 0.05) is 17.8 Å². The first-order valence-electron chi connectivity index (χ1n) is 6.68. The van der Waals surface area contributed by atoms with Crippen LogP contribution >= 0.6 is 11.3 Å². The van der Waals surface area contributed by atoms with Crippen LogP contribution in [0.15, 0.2) is 23.7 Å². The molecule has 2 atom stereocenters. The predicted octanol–water partition coefficient (Wildman–Crippen LogP) is 2.52. The minimum Gasteiger partial charge on any atom is -0.304 e. The van der Waals surface area contributed by atoms with E-state index in [9.17, 15) is 8.42 Å². The van der Waals surface area contributed by atoms with E-state index in [4.69, 9.17) is 0 Å². The van der Waals surface area contributed by atoms with E-state index in [1.807, 2.05) is 24.6 Å². The third kappa shape index (κ3) is 2.73. The molecule has 3 rings (SSSR count). The van der Waals surface area contributed by atoms with E-state index in [0.717, 1.165) is 11.1 Å². The SMILES string of the molecule is CC(NC1(C)CCS(=O)(=O)C1)c1cnc2ccsc2c1. The number of fused-ring (bicyclic) bond motifs is 1. The Morgan fingerprint density at radius 1 is 1.50 bits per heavy atom. The summed E-state index contributed by atoms with van der Waals surface area (Å²) < 4.78 is 24.5. The van der Waals surface area contributed by atoms with Gasteiger partial charge < -0.3 is 5.32 Å². The summed E-state index contributed by atoms with van der Waals surface area (Å²) in [7, 11) is -2.88. The molecule has 1 saturated heterocycles. The molecule has 1 aliphatic heterocycles. The van der Waals surface area contributed by atoms with Crippen LogP contribution in [0.2, 0.25) is 0 Å². The summed E-state index contributed by atoms with van der Waals surface area (Å²) in [6.45, 7) is 4.05. The highest BCUT2D eigenvalue weighted by molar-refractivity contribution is 7.91.